The molecule has 0 aromatic heterocycles. The number of benzene rings is 1. The number of amides is 1. The minimum atomic E-state index is 0.00576. The second kappa shape index (κ2) is 5.19. The molecule has 1 aromatic rings. The van der Waals surface area contributed by atoms with Crippen LogP contribution in [0, 0.1) is 6.92 Å². The highest BCUT2D eigenvalue weighted by molar-refractivity contribution is 5.95. The smallest absolute Gasteiger partial charge is 0.227 e. The third kappa shape index (κ3) is 2.58. The summed E-state index contributed by atoms with van der Waals surface area (Å²) in [6, 6.07) is 5.70. The Balaban J connectivity index is 2.15. The molecule has 0 radical (unpaired) electrons. The van der Waals surface area contributed by atoms with Gasteiger partial charge >= 0.3 is 0 Å². The van der Waals surface area contributed by atoms with Crippen LogP contribution >= 0.6 is 0 Å². The first-order chi connectivity index (χ1) is 8.22. The molecule has 2 rings (SSSR count). The minimum Gasteiger partial charge on any atom is -0.491 e. The van der Waals surface area contributed by atoms with Crippen molar-refractivity contribution in [3.05, 3.63) is 23.8 Å². The van der Waals surface area contributed by atoms with Crippen LogP contribution in [0.5, 0.6) is 5.75 Å². The third-order valence-electron chi connectivity index (χ3n) is 2.89. The molecule has 0 aliphatic carbocycles. The van der Waals surface area contributed by atoms with E-state index in [4.69, 9.17) is 9.84 Å². The molecule has 17 heavy (non-hydrogen) atoms. The average molecular weight is 235 g/mol. The molecular formula is C13H17NO3. The van der Waals surface area contributed by atoms with Gasteiger partial charge < -0.3 is 14.7 Å². The molecular weight excluding hydrogens is 218 g/mol. The first-order valence-corrected chi connectivity index (χ1v) is 5.87. The van der Waals surface area contributed by atoms with Gasteiger partial charge in [0.15, 0.2) is 0 Å². The lowest BCUT2D eigenvalue weighted by molar-refractivity contribution is -0.117. The van der Waals surface area contributed by atoms with Crippen molar-refractivity contribution in [1.29, 1.82) is 0 Å². The van der Waals surface area contributed by atoms with Gasteiger partial charge in [-0.3, -0.25) is 4.79 Å². The van der Waals surface area contributed by atoms with Gasteiger partial charge in [-0.25, -0.2) is 0 Å². The SMILES string of the molecule is Cc1cc(N2CCCC2=O)ccc1OCCO. The van der Waals surface area contributed by atoms with Gasteiger partial charge in [0.05, 0.1) is 6.61 Å². The lowest BCUT2D eigenvalue weighted by atomic mass is 10.2. The van der Waals surface area contributed by atoms with Crippen LogP contribution < -0.4 is 9.64 Å². The predicted molar refractivity (Wildman–Crippen MR) is 65.3 cm³/mol. The zero-order chi connectivity index (χ0) is 12.3. The van der Waals surface area contributed by atoms with E-state index in [0.717, 1.165) is 30.0 Å². The van der Waals surface area contributed by atoms with Crippen LogP contribution in [-0.4, -0.2) is 30.8 Å². The lowest BCUT2D eigenvalue weighted by Gasteiger charge is -2.17. The Bertz CT molecular complexity index is 417. The molecule has 1 saturated heterocycles. The summed E-state index contributed by atoms with van der Waals surface area (Å²) >= 11 is 0. The van der Waals surface area contributed by atoms with Crippen molar-refractivity contribution in [1.82, 2.24) is 0 Å². The van der Waals surface area contributed by atoms with Crippen LogP contribution in [-0.2, 0) is 4.79 Å². The molecule has 0 saturated carbocycles. The number of rotatable bonds is 4. The first kappa shape index (κ1) is 11.9. The summed E-state index contributed by atoms with van der Waals surface area (Å²) in [5, 5.41) is 8.70. The average Bonchev–Trinajstić information content (AvgIpc) is 2.74. The largest absolute Gasteiger partial charge is 0.491 e. The molecule has 1 amide bonds. The maximum absolute atomic E-state index is 11.6. The number of carbonyl (C=O) groups excluding carboxylic acids is 1. The van der Waals surface area contributed by atoms with E-state index in [1.54, 1.807) is 0 Å². The first-order valence-electron chi connectivity index (χ1n) is 5.87. The van der Waals surface area contributed by atoms with Crippen molar-refractivity contribution in [3.63, 3.8) is 0 Å². The van der Waals surface area contributed by atoms with Gasteiger partial charge in [-0.2, -0.15) is 0 Å². The van der Waals surface area contributed by atoms with Crippen molar-refractivity contribution >= 4 is 11.6 Å². The molecule has 0 spiro atoms. The zero-order valence-electron chi connectivity index (χ0n) is 9.98. The molecule has 4 heteroatoms. The van der Waals surface area contributed by atoms with Crippen LogP contribution in [0.25, 0.3) is 0 Å². The Morgan fingerprint density at radius 1 is 1.47 bits per heavy atom. The third-order valence-corrected chi connectivity index (χ3v) is 2.89. The highest BCUT2D eigenvalue weighted by atomic mass is 16.5. The standard InChI is InChI=1S/C13H17NO3/c1-10-9-11(14-6-2-3-13(14)16)4-5-12(10)17-8-7-15/h4-5,9,15H,2-3,6-8H2,1H3. The van der Waals surface area contributed by atoms with Gasteiger partial charge in [-0.05, 0) is 37.1 Å². The van der Waals surface area contributed by atoms with Crippen LogP contribution in [0.2, 0.25) is 0 Å². The molecule has 1 fully saturated rings. The quantitative estimate of drug-likeness (QED) is 0.860. The maximum atomic E-state index is 11.6. The van der Waals surface area contributed by atoms with Crippen molar-refractivity contribution in [3.8, 4) is 5.75 Å². The number of carbonyl (C=O) groups is 1. The van der Waals surface area contributed by atoms with E-state index in [1.807, 2.05) is 30.0 Å². The van der Waals surface area contributed by atoms with Crippen LogP contribution in [0.4, 0.5) is 5.69 Å². The Morgan fingerprint density at radius 3 is 2.88 bits per heavy atom. The number of aliphatic hydroxyl groups excluding tert-OH is 1. The zero-order valence-corrected chi connectivity index (χ0v) is 9.98. The predicted octanol–water partition coefficient (Wildman–Crippen LogP) is 1.49. The minimum absolute atomic E-state index is 0.00576. The fourth-order valence-corrected chi connectivity index (χ4v) is 2.04. The number of hydrogen-bond acceptors (Lipinski definition) is 3. The summed E-state index contributed by atoms with van der Waals surface area (Å²) in [5.41, 5.74) is 1.91. The fraction of sp³-hybridized carbons (Fsp3) is 0.462. The summed E-state index contributed by atoms with van der Waals surface area (Å²) < 4.78 is 5.38. The van der Waals surface area contributed by atoms with Gasteiger partial charge in [0, 0.05) is 18.7 Å². The van der Waals surface area contributed by atoms with Gasteiger partial charge in [0.25, 0.3) is 0 Å². The molecule has 0 atom stereocenters. The second-order valence-electron chi connectivity index (χ2n) is 4.17. The van der Waals surface area contributed by atoms with Crippen molar-refractivity contribution in [2.45, 2.75) is 19.8 Å². The monoisotopic (exact) mass is 235 g/mol. The van der Waals surface area contributed by atoms with Gasteiger partial charge in [-0.1, -0.05) is 0 Å². The molecule has 0 bridgehead atoms. The van der Waals surface area contributed by atoms with Crippen LogP contribution in [0.1, 0.15) is 18.4 Å². The molecule has 4 nitrogen and oxygen atoms in total. The topological polar surface area (TPSA) is 49.8 Å². The lowest BCUT2D eigenvalue weighted by Crippen LogP contribution is -2.23. The Hall–Kier alpha value is -1.55. The van der Waals surface area contributed by atoms with Crippen molar-refractivity contribution in [2.24, 2.45) is 0 Å². The highest BCUT2D eigenvalue weighted by Crippen LogP contribution is 2.27. The second-order valence-corrected chi connectivity index (χ2v) is 4.17. The molecule has 1 heterocycles. The molecule has 1 N–H and O–H groups in total. The van der Waals surface area contributed by atoms with E-state index in [2.05, 4.69) is 0 Å². The number of hydrogen-bond donors (Lipinski definition) is 1. The van der Waals surface area contributed by atoms with E-state index >= 15 is 0 Å². The highest BCUT2D eigenvalue weighted by Gasteiger charge is 2.21. The molecule has 1 aliphatic heterocycles. The summed E-state index contributed by atoms with van der Waals surface area (Å²) in [6.45, 7) is 3.04. The van der Waals surface area contributed by atoms with Crippen molar-refractivity contribution in [2.75, 3.05) is 24.7 Å². The van der Waals surface area contributed by atoms with Crippen molar-refractivity contribution < 1.29 is 14.6 Å². The summed E-state index contributed by atoms with van der Waals surface area (Å²) in [6.07, 6.45) is 1.57. The fourth-order valence-electron chi connectivity index (χ4n) is 2.04. The Morgan fingerprint density at radius 2 is 2.29 bits per heavy atom. The summed E-state index contributed by atoms with van der Waals surface area (Å²) in [7, 11) is 0. The maximum Gasteiger partial charge on any atom is 0.227 e. The van der Waals surface area contributed by atoms with Crippen LogP contribution in [0.15, 0.2) is 18.2 Å². The van der Waals surface area contributed by atoms with E-state index in [9.17, 15) is 4.79 Å². The summed E-state index contributed by atoms with van der Waals surface area (Å²) in [4.78, 5) is 13.4. The molecule has 92 valence electrons. The number of anilines is 1. The number of aryl methyl sites for hydroxylation is 1. The van der Waals surface area contributed by atoms with E-state index in [0.29, 0.717) is 13.0 Å². The Kier molecular flexibility index (Phi) is 3.64. The van der Waals surface area contributed by atoms with Gasteiger partial charge in [0.2, 0.25) is 5.91 Å². The Labute approximate surface area is 101 Å². The van der Waals surface area contributed by atoms with Gasteiger partial charge in [0.1, 0.15) is 12.4 Å². The number of nitrogens with zero attached hydrogens (tertiary/aromatic N) is 1. The van der Waals surface area contributed by atoms with Crippen LogP contribution in [0.3, 0.4) is 0 Å². The van der Waals surface area contributed by atoms with E-state index < -0.39 is 0 Å². The number of ether oxygens (including phenoxy) is 1. The van der Waals surface area contributed by atoms with Gasteiger partial charge in [-0.15, -0.1) is 0 Å². The molecule has 0 unspecified atom stereocenters. The molecule has 1 aromatic carbocycles. The summed E-state index contributed by atoms with van der Waals surface area (Å²) in [5.74, 6) is 0.947. The normalized spacial score (nSPS) is 15.4. The number of aliphatic hydroxyl groups is 1. The van der Waals surface area contributed by atoms with E-state index in [-0.39, 0.29) is 12.5 Å². The van der Waals surface area contributed by atoms with E-state index in [1.165, 1.54) is 0 Å². The molecule has 1 aliphatic rings.